The number of hydrogen-bond donors (Lipinski definition) is 2. The van der Waals surface area contributed by atoms with Crippen molar-refractivity contribution in [1.29, 1.82) is 0 Å². The number of halogens is 3. The van der Waals surface area contributed by atoms with Crippen LogP contribution in [0.5, 0.6) is 5.75 Å². The Morgan fingerprint density at radius 1 is 1.12 bits per heavy atom. The highest BCUT2D eigenvalue weighted by Gasteiger charge is 2.45. The van der Waals surface area contributed by atoms with E-state index in [1.807, 2.05) is 18.2 Å². The Balaban J connectivity index is 1.94. The van der Waals surface area contributed by atoms with Crippen LogP contribution in [0.25, 0.3) is 11.1 Å². The van der Waals surface area contributed by atoms with Gasteiger partial charge in [-0.2, -0.15) is 0 Å². The van der Waals surface area contributed by atoms with Gasteiger partial charge in [0.25, 0.3) is 5.91 Å². The normalized spacial score (nSPS) is 16.5. The lowest BCUT2D eigenvalue weighted by atomic mass is 9.85. The molecule has 9 heteroatoms. The van der Waals surface area contributed by atoms with Gasteiger partial charge in [0, 0.05) is 42.2 Å². The largest absolute Gasteiger partial charge is 0.480 e. The number of ether oxygens (including phenoxy) is 1. The van der Waals surface area contributed by atoms with Crippen molar-refractivity contribution in [2.75, 3.05) is 20.6 Å². The summed E-state index contributed by atoms with van der Waals surface area (Å²) in [4.78, 5) is 25.2. The molecule has 1 atom stereocenters. The Bertz CT molecular complexity index is 1290. The molecule has 0 fully saturated rings. The van der Waals surface area contributed by atoms with E-state index in [2.05, 4.69) is 5.32 Å². The Hall–Kier alpha value is -3.65. The molecule has 3 aromatic carbocycles. The monoisotopic (exact) mass is 486 g/mol. The zero-order valence-electron chi connectivity index (χ0n) is 18.4. The number of likely N-dealkylation sites (N-methyl/N-ethyl adjacent to an activating group) is 1. The van der Waals surface area contributed by atoms with Gasteiger partial charge in [0.1, 0.15) is 5.75 Å². The summed E-state index contributed by atoms with van der Waals surface area (Å²) in [6.07, 6.45) is -1.03. The molecule has 0 saturated heterocycles. The summed E-state index contributed by atoms with van der Waals surface area (Å²) < 4.78 is 35.8. The van der Waals surface area contributed by atoms with Crippen LogP contribution in [-0.2, 0) is 12.0 Å². The number of benzene rings is 3. The molecule has 0 bridgehead atoms. The van der Waals surface area contributed by atoms with Crippen molar-refractivity contribution < 1.29 is 28.2 Å². The van der Waals surface area contributed by atoms with E-state index in [0.29, 0.717) is 16.9 Å². The first-order chi connectivity index (χ1) is 16.2. The first-order valence-corrected chi connectivity index (χ1v) is 10.8. The highest BCUT2D eigenvalue weighted by molar-refractivity contribution is 6.34. The molecule has 0 aliphatic carbocycles. The van der Waals surface area contributed by atoms with Gasteiger partial charge in [0.15, 0.2) is 17.2 Å². The number of amides is 2. The van der Waals surface area contributed by atoms with Crippen LogP contribution in [0, 0.1) is 11.6 Å². The standard InChI is InChI=1S/C25H21ClF2N2O4/c1-29-23(31)15-8-10-18(27)22(28)21(15)20-16-12-25(13-30(2)24(32)33,14-6-4-3-5-7-14)34-19(16)11-9-17(20)26/h3-11H,12-13H2,1-2H3,(H,29,31)(H,32,33)/t25-/m1/s1. The SMILES string of the molecule is CNC(=O)c1ccc(F)c(F)c1-c1c(Cl)ccc2c1C[C@@](CN(C)C(=O)O)(c1ccccc1)O2. The van der Waals surface area contributed by atoms with Gasteiger partial charge in [-0.05, 0) is 29.8 Å². The maximum atomic E-state index is 15.2. The molecular weight excluding hydrogens is 466 g/mol. The van der Waals surface area contributed by atoms with Gasteiger partial charge in [-0.3, -0.25) is 4.79 Å². The lowest BCUT2D eigenvalue weighted by molar-refractivity contribution is 0.0520. The number of nitrogens with zero attached hydrogens (tertiary/aromatic N) is 1. The average Bonchev–Trinajstić information content (AvgIpc) is 3.20. The van der Waals surface area contributed by atoms with Gasteiger partial charge in [0.2, 0.25) is 0 Å². The summed E-state index contributed by atoms with van der Waals surface area (Å²) in [5.41, 5.74) is -0.229. The molecule has 6 nitrogen and oxygen atoms in total. The third-order valence-corrected chi connectivity index (χ3v) is 6.24. The van der Waals surface area contributed by atoms with Gasteiger partial charge in [-0.25, -0.2) is 13.6 Å². The van der Waals surface area contributed by atoms with Crippen LogP contribution in [-0.4, -0.2) is 42.6 Å². The highest BCUT2D eigenvalue weighted by atomic mass is 35.5. The summed E-state index contributed by atoms with van der Waals surface area (Å²) in [5, 5.41) is 12.0. The molecule has 3 aromatic rings. The fourth-order valence-electron chi connectivity index (χ4n) is 4.33. The average molecular weight is 487 g/mol. The molecule has 0 aromatic heterocycles. The number of fused-ring (bicyclic) bond motifs is 1. The zero-order chi connectivity index (χ0) is 24.6. The van der Waals surface area contributed by atoms with Gasteiger partial charge in [0.05, 0.1) is 12.1 Å². The van der Waals surface area contributed by atoms with Crippen LogP contribution < -0.4 is 10.1 Å². The fraction of sp³-hybridized carbons (Fsp3) is 0.200. The van der Waals surface area contributed by atoms with Crippen molar-refractivity contribution in [3.05, 3.63) is 87.9 Å². The summed E-state index contributed by atoms with van der Waals surface area (Å²) in [6.45, 7) is -0.0357. The quantitative estimate of drug-likeness (QED) is 0.527. The topological polar surface area (TPSA) is 78.9 Å². The molecule has 2 amide bonds. The van der Waals surface area contributed by atoms with Gasteiger partial charge in [-0.1, -0.05) is 41.9 Å². The number of carbonyl (C=O) groups excluding carboxylic acids is 1. The Kier molecular flexibility index (Phi) is 6.18. The molecule has 1 aliphatic rings. The second-order valence-corrected chi connectivity index (χ2v) is 8.45. The second kappa shape index (κ2) is 8.95. The number of carboxylic acid groups (broad SMARTS) is 1. The maximum Gasteiger partial charge on any atom is 0.407 e. The Morgan fingerprint density at radius 3 is 2.47 bits per heavy atom. The lowest BCUT2D eigenvalue weighted by Gasteiger charge is -2.32. The molecular formula is C25H21ClF2N2O4. The van der Waals surface area contributed by atoms with E-state index in [-0.39, 0.29) is 34.7 Å². The van der Waals surface area contributed by atoms with Crippen molar-refractivity contribution in [1.82, 2.24) is 10.2 Å². The molecule has 34 heavy (non-hydrogen) atoms. The van der Waals surface area contributed by atoms with Crippen LogP contribution in [0.3, 0.4) is 0 Å². The van der Waals surface area contributed by atoms with Crippen LogP contribution in [0.15, 0.2) is 54.6 Å². The zero-order valence-corrected chi connectivity index (χ0v) is 19.1. The van der Waals surface area contributed by atoms with Gasteiger partial charge >= 0.3 is 6.09 Å². The summed E-state index contributed by atoms with van der Waals surface area (Å²) in [5.74, 6) is -2.61. The van der Waals surface area contributed by atoms with E-state index in [0.717, 1.165) is 11.0 Å². The van der Waals surface area contributed by atoms with E-state index < -0.39 is 29.2 Å². The van der Waals surface area contributed by atoms with Gasteiger partial charge in [-0.15, -0.1) is 0 Å². The highest BCUT2D eigenvalue weighted by Crippen LogP contribution is 2.49. The van der Waals surface area contributed by atoms with E-state index in [9.17, 15) is 19.1 Å². The number of rotatable bonds is 5. The van der Waals surface area contributed by atoms with Crippen molar-refractivity contribution in [3.63, 3.8) is 0 Å². The minimum atomic E-state index is -1.21. The van der Waals surface area contributed by atoms with Crippen molar-refractivity contribution in [2.45, 2.75) is 12.0 Å². The molecule has 1 heterocycles. The number of nitrogens with one attached hydrogen (secondary N) is 1. The minimum Gasteiger partial charge on any atom is -0.480 e. The number of carbonyl (C=O) groups is 2. The van der Waals surface area contributed by atoms with E-state index in [1.165, 1.54) is 26.2 Å². The first kappa shape index (κ1) is 23.5. The maximum absolute atomic E-state index is 15.2. The van der Waals surface area contributed by atoms with Crippen LogP contribution >= 0.6 is 11.6 Å². The molecule has 0 radical (unpaired) electrons. The Labute approximate surface area is 199 Å². The number of hydrogen-bond acceptors (Lipinski definition) is 3. The molecule has 4 rings (SSSR count). The summed E-state index contributed by atoms with van der Waals surface area (Å²) in [7, 11) is 2.80. The minimum absolute atomic E-state index is 0.0357. The predicted octanol–water partition coefficient (Wildman–Crippen LogP) is 5.09. The lowest BCUT2D eigenvalue weighted by Crippen LogP contribution is -2.44. The fourth-order valence-corrected chi connectivity index (χ4v) is 4.60. The van der Waals surface area contributed by atoms with Crippen LogP contribution in [0.2, 0.25) is 5.02 Å². The molecule has 176 valence electrons. The third kappa shape index (κ3) is 3.94. The third-order valence-electron chi connectivity index (χ3n) is 5.92. The second-order valence-electron chi connectivity index (χ2n) is 8.04. The molecule has 2 N–H and O–H groups in total. The van der Waals surface area contributed by atoms with Crippen molar-refractivity contribution >= 4 is 23.6 Å². The van der Waals surface area contributed by atoms with Crippen LogP contribution in [0.1, 0.15) is 21.5 Å². The van der Waals surface area contributed by atoms with Crippen molar-refractivity contribution in [3.8, 4) is 16.9 Å². The molecule has 0 saturated carbocycles. The molecule has 0 spiro atoms. The van der Waals surface area contributed by atoms with E-state index in [1.54, 1.807) is 18.2 Å². The summed E-state index contributed by atoms with van der Waals surface area (Å²) in [6, 6.07) is 14.2. The van der Waals surface area contributed by atoms with E-state index >= 15 is 4.39 Å². The summed E-state index contributed by atoms with van der Waals surface area (Å²) >= 11 is 6.50. The molecule has 1 aliphatic heterocycles. The van der Waals surface area contributed by atoms with Crippen molar-refractivity contribution in [2.24, 2.45) is 0 Å². The van der Waals surface area contributed by atoms with E-state index in [4.69, 9.17) is 16.3 Å². The van der Waals surface area contributed by atoms with Gasteiger partial charge < -0.3 is 20.1 Å². The van der Waals surface area contributed by atoms with Crippen LogP contribution in [0.4, 0.5) is 13.6 Å². The predicted molar refractivity (Wildman–Crippen MR) is 123 cm³/mol. The Morgan fingerprint density at radius 2 is 1.82 bits per heavy atom. The first-order valence-electron chi connectivity index (χ1n) is 10.4. The smallest absolute Gasteiger partial charge is 0.407 e. The molecule has 0 unspecified atom stereocenters.